The number of piperidine rings is 1. The molecule has 2 heterocycles. The average Bonchev–Trinajstić information content (AvgIpc) is 2.33. The first-order valence-corrected chi connectivity index (χ1v) is 4.74. The maximum Gasteiger partial charge on any atom is 0.302 e. The zero-order valence-electron chi connectivity index (χ0n) is 8.06. The smallest absolute Gasteiger partial charge is 0.302 e. The van der Waals surface area contributed by atoms with Crippen LogP contribution in [-0.2, 0) is 9.53 Å². The summed E-state index contributed by atoms with van der Waals surface area (Å²) in [5, 5.41) is 0. The highest BCUT2D eigenvalue weighted by molar-refractivity contribution is 5.66. The second-order valence-electron chi connectivity index (χ2n) is 3.89. The highest BCUT2D eigenvalue weighted by Crippen LogP contribution is 2.30. The zero-order valence-corrected chi connectivity index (χ0v) is 8.06. The van der Waals surface area contributed by atoms with Crippen LogP contribution in [0, 0.1) is 0 Å². The molecule has 72 valence electrons. The predicted octanol–water partition coefficient (Wildman–Crippen LogP) is 0.951. The molecule has 13 heavy (non-hydrogen) atoms. The number of fused-ring (bicyclic) bond motifs is 2. The molecule has 2 rings (SSSR count). The Morgan fingerprint density at radius 2 is 1.92 bits per heavy atom. The quantitative estimate of drug-likeness (QED) is 0.445. The lowest BCUT2D eigenvalue weighted by Gasteiger charge is -2.35. The van der Waals surface area contributed by atoms with E-state index in [2.05, 4.69) is 24.1 Å². The fourth-order valence-electron chi connectivity index (χ4n) is 2.23. The Balaban J connectivity index is 1.97. The SMILES string of the molecule is CC(=O)OC1CC2C=CC(C1)N2C. The Hall–Kier alpha value is -0.830. The minimum Gasteiger partial charge on any atom is -0.462 e. The molecule has 1 saturated heterocycles. The van der Waals surface area contributed by atoms with Crippen LogP contribution in [0.15, 0.2) is 12.2 Å². The maximum atomic E-state index is 10.8. The first kappa shape index (κ1) is 8.75. The summed E-state index contributed by atoms with van der Waals surface area (Å²) in [6, 6.07) is 0.950. The molecular weight excluding hydrogens is 166 g/mol. The third kappa shape index (κ3) is 1.61. The van der Waals surface area contributed by atoms with Gasteiger partial charge < -0.3 is 4.74 Å². The van der Waals surface area contributed by atoms with Gasteiger partial charge in [0, 0.05) is 31.8 Å². The van der Waals surface area contributed by atoms with E-state index in [1.807, 2.05) is 0 Å². The molecule has 2 aliphatic heterocycles. The number of hydrogen-bond acceptors (Lipinski definition) is 3. The van der Waals surface area contributed by atoms with E-state index in [-0.39, 0.29) is 12.1 Å². The number of likely N-dealkylation sites (N-methyl/N-ethyl adjacent to an activating group) is 1. The van der Waals surface area contributed by atoms with E-state index < -0.39 is 0 Å². The van der Waals surface area contributed by atoms with E-state index >= 15 is 0 Å². The molecule has 0 aromatic carbocycles. The summed E-state index contributed by atoms with van der Waals surface area (Å²) in [5.41, 5.74) is 0. The number of carbonyl (C=O) groups excluding carboxylic acids is 1. The lowest BCUT2D eigenvalue weighted by atomic mass is 9.99. The summed E-state index contributed by atoms with van der Waals surface area (Å²) in [4.78, 5) is 13.1. The number of rotatable bonds is 1. The minimum absolute atomic E-state index is 0.124. The van der Waals surface area contributed by atoms with Crippen molar-refractivity contribution >= 4 is 5.97 Å². The van der Waals surface area contributed by atoms with Gasteiger partial charge in [0.2, 0.25) is 0 Å². The van der Waals surface area contributed by atoms with Gasteiger partial charge in [-0.3, -0.25) is 9.69 Å². The van der Waals surface area contributed by atoms with Gasteiger partial charge in [-0.25, -0.2) is 0 Å². The molecule has 3 nitrogen and oxygen atoms in total. The predicted molar refractivity (Wildman–Crippen MR) is 49.3 cm³/mol. The summed E-state index contributed by atoms with van der Waals surface area (Å²) < 4.78 is 5.21. The molecule has 2 atom stereocenters. The largest absolute Gasteiger partial charge is 0.462 e. The van der Waals surface area contributed by atoms with Crippen molar-refractivity contribution in [3.05, 3.63) is 12.2 Å². The van der Waals surface area contributed by atoms with Gasteiger partial charge in [-0.1, -0.05) is 12.2 Å². The van der Waals surface area contributed by atoms with Crippen molar-refractivity contribution in [1.82, 2.24) is 4.90 Å². The van der Waals surface area contributed by atoms with Crippen LogP contribution in [0.5, 0.6) is 0 Å². The van der Waals surface area contributed by atoms with Gasteiger partial charge in [0.25, 0.3) is 0 Å². The van der Waals surface area contributed by atoms with E-state index in [1.165, 1.54) is 6.92 Å². The zero-order chi connectivity index (χ0) is 9.42. The third-order valence-corrected chi connectivity index (χ3v) is 2.94. The van der Waals surface area contributed by atoms with E-state index in [0.717, 1.165) is 12.8 Å². The average molecular weight is 181 g/mol. The second kappa shape index (κ2) is 3.14. The van der Waals surface area contributed by atoms with Crippen LogP contribution in [0.1, 0.15) is 19.8 Å². The fourth-order valence-corrected chi connectivity index (χ4v) is 2.23. The molecule has 0 N–H and O–H groups in total. The molecule has 0 aromatic heterocycles. The third-order valence-electron chi connectivity index (χ3n) is 2.94. The van der Waals surface area contributed by atoms with E-state index in [0.29, 0.717) is 12.1 Å². The number of ether oxygens (including phenoxy) is 1. The highest BCUT2D eigenvalue weighted by atomic mass is 16.5. The maximum absolute atomic E-state index is 10.8. The lowest BCUT2D eigenvalue weighted by molar-refractivity contribution is -0.149. The van der Waals surface area contributed by atoms with Crippen molar-refractivity contribution in [2.45, 2.75) is 38.0 Å². The normalized spacial score (nSPS) is 37.8. The molecule has 2 aliphatic rings. The van der Waals surface area contributed by atoms with Gasteiger partial charge in [-0.05, 0) is 7.05 Å². The van der Waals surface area contributed by atoms with Gasteiger partial charge in [-0.15, -0.1) is 0 Å². The summed E-state index contributed by atoms with van der Waals surface area (Å²) in [6.07, 6.45) is 6.45. The van der Waals surface area contributed by atoms with E-state index in [1.54, 1.807) is 0 Å². The van der Waals surface area contributed by atoms with Crippen molar-refractivity contribution in [3.8, 4) is 0 Å². The molecule has 0 aromatic rings. The van der Waals surface area contributed by atoms with Crippen molar-refractivity contribution in [2.24, 2.45) is 0 Å². The topological polar surface area (TPSA) is 29.5 Å². The van der Waals surface area contributed by atoms with Crippen molar-refractivity contribution < 1.29 is 9.53 Å². The van der Waals surface area contributed by atoms with Crippen LogP contribution in [0.25, 0.3) is 0 Å². The van der Waals surface area contributed by atoms with Crippen molar-refractivity contribution in [3.63, 3.8) is 0 Å². The van der Waals surface area contributed by atoms with Crippen LogP contribution < -0.4 is 0 Å². The van der Waals surface area contributed by atoms with Crippen molar-refractivity contribution in [1.29, 1.82) is 0 Å². The van der Waals surface area contributed by atoms with E-state index in [9.17, 15) is 4.79 Å². The first-order valence-electron chi connectivity index (χ1n) is 4.74. The molecule has 0 radical (unpaired) electrons. The van der Waals surface area contributed by atoms with Crippen LogP contribution >= 0.6 is 0 Å². The minimum atomic E-state index is -0.158. The number of nitrogens with zero attached hydrogens (tertiary/aromatic N) is 1. The molecule has 2 bridgehead atoms. The Bertz CT molecular complexity index is 233. The van der Waals surface area contributed by atoms with Crippen LogP contribution in [-0.4, -0.2) is 36.1 Å². The highest BCUT2D eigenvalue weighted by Gasteiger charge is 2.35. The van der Waals surface area contributed by atoms with Gasteiger partial charge in [0.15, 0.2) is 0 Å². The molecular formula is C10H15NO2. The Morgan fingerprint density at radius 1 is 1.38 bits per heavy atom. The molecule has 0 amide bonds. The van der Waals surface area contributed by atoms with Crippen LogP contribution in [0.2, 0.25) is 0 Å². The summed E-state index contributed by atoms with van der Waals surface area (Å²) >= 11 is 0. The number of hydrogen-bond donors (Lipinski definition) is 0. The monoisotopic (exact) mass is 181 g/mol. The molecule has 1 fully saturated rings. The van der Waals surface area contributed by atoms with Crippen LogP contribution in [0.3, 0.4) is 0 Å². The second-order valence-corrected chi connectivity index (χ2v) is 3.89. The summed E-state index contributed by atoms with van der Waals surface area (Å²) in [7, 11) is 2.12. The lowest BCUT2D eigenvalue weighted by Crippen LogP contribution is -2.44. The fraction of sp³-hybridized carbons (Fsp3) is 0.700. The van der Waals surface area contributed by atoms with Gasteiger partial charge >= 0.3 is 5.97 Å². The van der Waals surface area contributed by atoms with Crippen molar-refractivity contribution in [2.75, 3.05) is 7.05 Å². The van der Waals surface area contributed by atoms with E-state index in [4.69, 9.17) is 4.74 Å². The Kier molecular flexibility index (Phi) is 2.12. The number of esters is 1. The molecule has 2 unspecified atom stereocenters. The Morgan fingerprint density at radius 3 is 2.38 bits per heavy atom. The van der Waals surface area contributed by atoms with Gasteiger partial charge in [0.1, 0.15) is 6.10 Å². The van der Waals surface area contributed by atoms with Crippen LogP contribution in [0.4, 0.5) is 0 Å². The molecule has 3 heteroatoms. The first-order chi connectivity index (χ1) is 6.16. The Labute approximate surface area is 78.4 Å². The molecule has 0 saturated carbocycles. The summed E-state index contributed by atoms with van der Waals surface area (Å²) in [6.45, 7) is 1.48. The van der Waals surface area contributed by atoms with Gasteiger partial charge in [-0.2, -0.15) is 0 Å². The standard InChI is InChI=1S/C10H15NO2/c1-7(12)13-10-5-8-3-4-9(6-10)11(8)2/h3-4,8-10H,5-6H2,1-2H3. The summed E-state index contributed by atoms with van der Waals surface area (Å²) in [5.74, 6) is -0.158. The molecule has 0 aliphatic carbocycles. The number of carbonyl (C=O) groups is 1. The van der Waals surface area contributed by atoms with Gasteiger partial charge in [0.05, 0.1) is 0 Å². The molecule has 0 spiro atoms.